The second-order valence-electron chi connectivity index (χ2n) is 7.28. The zero-order valence-electron chi connectivity index (χ0n) is 13.3. The third-order valence-corrected chi connectivity index (χ3v) is 6.08. The van der Waals surface area contributed by atoms with Crippen molar-refractivity contribution in [1.29, 1.82) is 0 Å². The Morgan fingerprint density at radius 1 is 0.826 bits per heavy atom. The van der Waals surface area contributed by atoms with Crippen molar-refractivity contribution in [3.63, 3.8) is 0 Å². The Labute approximate surface area is 136 Å². The molecule has 2 saturated carbocycles. The summed E-state index contributed by atoms with van der Waals surface area (Å²) in [6, 6.07) is 6.89. The van der Waals surface area contributed by atoms with Crippen molar-refractivity contribution in [3.8, 4) is 0 Å². The van der Waals surface area contributed by atoms with Crippen molar-refractivity contribution >= 4 is 17.3 Å². The zero-order valence-corrected chi connectivity index (χ0v) is 13.3. The van der Waals surface area contributed by atoms with E-state index in [0.717, 1.165) is 25.2 Å². The number of hydrogen-bond acceptors (Lipinski definition) is 3. The van der Waals surface area contributed by atoms with E-state index in [9.17, 15) is 14.7 Å². The SMILES string of the molecule is O=C1C(=O)c2ccccc2C(O)=C1C1CCC2CCCCC2C1. The first-order valence-electron chi connectivity index (χ1n) is 8.78. The Balaban J connectivity index is 1.70. The summed E-state index contributed by atoms with van der Waals surface area (Å²) in [6.07, 6.45) is 8.12. The lowest BCUT2D eigenvalue weighted by Crippen LogP contribution is -2.34. The predicted molar refractivity (Wildman–Crippen MR) is 88.1 cm³/mol. The Morgan fingerprint density at radius 2 is 1.52 bits per heavy atom. The van der Waals surface area contributed by atoms with E-state index < -0.39 is 11.6 Å². The van der Waals surface area contributed by atoms with Gasteiger partial charge in [-0.05, 0) is 37.0 Å². The van der Waals surface area contributed by atoms with E-state index in [4.69, 9.17) is 0 Å². The average Bonchev–Trinajstić information content (AvgIpc) is 2.60. The van der Waals surface area contributed by atoms with Crippen molar-refractivity contribution in [2.75, 3.05) is 0 Å². The molecule has 0 radical (unpaired) electrons. The number of aliphatic hydroxyl groups excluding tert-OH is 1. The molecular weight excluding hydrogens is 288 g/mol. The molecule has 0 amide bonds. The van der Waals surface area contributed by atoms with Crippen LogP contribution in [-0.4, -0.2) is 16.7 Å². The highest BCUT2D eigenvalue weighted by Gasteiger charge is 2.40. The number of fused-ring (bicyclic) bond motifs is 2. The van der Waals surface area contributed by atoms with Gasteiger partial charge in [0.25, 0.3) is 0 Å². The third kappa shape index (κ3) is 2.34. The molecule has 0 heterocycles. The summed E-state index contributed by atoms with van der Waals surface area (Å²) in [7, 11) is 0. The van der Waals surface area contributed by atoms with E-state index in [1.54, 1.807) is 24.3 Å². The van der Waals surface area contributed by atoms with Gasteiger partial charge in [-0.3, -0.25) is 9.59 Å². The van der Waals surface area contributed by atoms with Gasteiger partial charge in [-0.15, -0.1) is 0 Å². The molecule has 3 unspecified atom stereocenters. The summed E-state index contributed by atoms with van der Waals surface area (Å²) in [5.41, 5.74) is 1.25. The molecule has 1 N–H and O–H groups in total. The Bertz CT molecular complexity index is 701. The number of aliphatic hydroxyl groups is 1. The molecule has 1 aromatic rings. The van der Waals surface area contributed by atoms with Gasteiger partial charge in [-0.1, -0.05) is 49.9 Å². The molecule has 3 aliphatic rings. The van der Waals surface area contributed by atoms with Gasteiger partial charge < -0.3 is 5.11 Å². The first-order valence-corrected chi connectivity index (χ1v) is 8.78. The average molecular weight is 310 g/mol. The van der Waals surface area contributed by atoms with Gasteiger partial charge >= 0.3 is 0 Å². The van der Waals surface area contributed by atoms with Gasteiger partial charge in [0.2, 0.25) is 11.6 Å². The summed E-state index contributed by atoms with van der Waals surface area (Å²) < 4.78 is 0. The number of rotatable bonds is 1. The minimum Gasteiger partial charge on any atom is -0.507 e. The van der Waals surface area contributed by atoms with Gasteiger partial charge in [-0.25, -0.2) is 0 Å². The van der Waals surface area contributed by atoms with Gasteiger partial charge in [0.05, 0.1) is 0 Å². The molecule has 3 heteroatoms. The second-order valence-corrected chi connectivity index (χ2v) is 7.28. The molecular formula is C20H22O3. The summed E-state index contributed by atoms with van der Waals surface area (Å²) in [6.45, 7) is 0. The normalized spacial score (nSPS) is 30.9. The molecule has 1 aromatic carbocycles. The fraction of sp³-hybridized carbons (Fsp3) is 0.500. The molecule has 2 fully saturated rings. The number of carbonyl (C=O) groups is 2. The zero-order chi connectivity index (χ0) is 16.0. The largest absolute Gasteiger partial charge is 0.507 e. The highest BCUT2D eigenvalue weighted by molar-refractivity contribution is 6.52. The number of Topliss-reactive ketones (excluding diaryl/α,β-unsaturated/α-hetero) is 2. The molecule has 23 heavy (non-hydrogen) atoms. The van der Waals surface area contributed by atoms with Crippen molar-refractivity contribution in [2.24, 2.45) is 17.8 Å². The molecule has 0 aliphatic heterocycles. The minimum absolute atomic E-state index is 0.0409. The summed E-state index contributed by atoms with van der Waals surface area (Å²) in [4.78, 5) is 25.0. The molecule has 0 spiro atoms. The minimum atomic E-state index is -0.486. The van der Waals surface area contributed by atoms with Crippen LogP contribution in [-0.2, 0) is 4.79 Å². The Morgan fingerprint density at radius 3 is 2.30 bits per heavy atom. The van der Waals surface area contributed by atoms with Gasteiger partial charge in [0.15, 0.2) is 0 Å². The highest BCUT2D eigenvalue weighted by atomic mass is 16.3. The van der Waals surface area contributed by atoms with Crippen LogP contribution in [0.25, 0.3) is 5.76 Å². The maximum atomic E-state index is 12.6. The van der Waals surface area contributed by atoms with Crippen molar-refractivity contribution in [2.45, 2.75) is 44.9 Å². The lowest BCUT2D eigenvalue weighted by atomic mass is 9.64. The first kappa shape index (κ1) is 14.7. The highest BCUT2D eigenvalue weighted by Crippen LogP contribution is 2.46. The fourth-order valence-electron chi connectivity index (χ4n) is 4.90. The smallest absolute Gasteiger partial charge is 0.234 e. The van der Waals surface area contributed by atoms with Crippen LogP contribution in [0.5, 0.6) is 0 Å². The summed E-state index contributed by atoms with van der Waals surface area (Å²) in [5, 5.41) is 10.7. The molecule has 4 rings (SSSR count). The maximum Gasteiger partial charge on any atom is 0.234 e. The van der Waals surface area contributed by atoms with Crippen molar-refractivity contribution in [3.05, 3.63) is 41.0 Å². The van der Waals surface area contributed by atoms with E-state index in [-0.39, 0.29) is 11.7 Å². The topological polar surface area (TPSA) is 54.4 Å². The quantitative estimate of drug-likeness (QED) is 0.786. The van der Waals surface area contributed by atoms with Crippen LogP contribution in [0.4, 0.5) is 0 Å². The maximum absolute atomic E-state index is 12.6. The molecule has 3 nitrogen and oxygen atoms in total. The van der Waals surface area contributed by atoms with Crippen LogP contribution in [0.2, 0.25) is 0 Å². The summed E-state index contributed by atoms with van der Waals surface area (Å²) >= 11 is 0. The monoisotopic (exact) mass is 310 g/mol. The van der Waals surface area contributed by atoms with E-state index in [1.807, 2.05) is 0 Å². The number of allylic oxidation sites excluding steroid dienone is 1. The van der Waals surface area contributed by atoms with E-state index in [0.29, 0.717) is 22.6 Å². The predicted octanol–water partition coefficient (Wildman–Crippen LogP) is 4.33. The van der Waals surface area contributed by atoms with Crippen LogP contribution in [0.15, 0.2) is 29.8 Å². The first-order chi connectivity index (χ1) is 11.2. The van der Waals surface area contributed by atoms with Gasteiger partial charge in [0, 0.05) is 16.7 Å². The second kappa shape index (κ2) is 5.63. The Kier molecular flexibility index (Phi) is 3.59. The lowest BCUT2D eigenvalue weighted by Gasteiger charge is -2.40. The molecule has 3 aliphatic carbocycles. The molecule has 0 bridgehead atoms. The van der Waals surface area contributed by atoms with Crippen LogP contribution >= 0.6 is 0 Å². The van der Waals surface area contributed by atoms with E-state index >= 15 is 0 Å². The molecule has 3 atom stereocenters. The third-order valence-electron chi connectivity index (χ3n) is 6.08. The van der Waals surface area contributed by atoms with Crippen LogP contribution in [0.1, 0.15) is 60.9 Å². The van der Waals surface area contributed by atoms with Crippen molar-refractivity contribution in [1.82, 2.24) is 0 Å². The number of ketones is 2. The standard InChI is InChI=1S/C20H22O3/c21-18-15-7-3-4-8-16(15)19(22)20(23)17(18)14-10-9-12-5-1-2-6-13(12)11-14/h3-4,7-8,12-14,21H,1-2,5-6,9-11H2. The summed E-state index contributed by atoms with van der Waals surface area (Å²) in [5.74, 6) is 0.579. The van der Waals surface area contributed by atoms with E-state index in [2.05, 4.69) is 0 Å². The van der Waals surface area contributed by atoms with Crippen LogP contribution in [0, 0.1) is 17.8 Å². The van der Waals surface area contributed by atoms with Crippen LogP contribution in [0.3, 0.4) is 0 Å². The number of benzene rings is 1. The van der Waals surface area contributed by atoms with E-state index in [1.165, 1.54) is 25.7 Å². The fourth-order valence-corrected chi connectivity index (χ4v) is 4.90. The van der Waals surface area contributed by atoms with Gasteiger partial charge in [0.1, 0.15) is 5.76 Å². The molecule has 0 saturated heterocycles. The number of carbonyl (C=O) groups excluding carboxylic acids is 2. The van der Waals surface area contributed by atoms with Crippen LogP contribution < -0.4 is 0 Å². The number of hydrogen-bond donors (Lipinski definition) is 1. The Hall–Kier alpha value is -1.90. The van der Waals surface area contributed by atoms with Gasteiger partial charge in [-0.2, -0.15) is 0 Å². The molecule has 120 valence electrons. The molecule has 0 aromatic heterocycles. The van der Waals surface area contributed by atoms with Crippen molar-refractivity contribution < 1.29 is 14.7 Å². The lowest BCUT2D eigenvalue weighted by molar-refractivity contribution is -0.112.